The first-order valence-corrected chi connectivity index (χ1v) is 5.12. The van der Waals surface area contributed by atoms with Gasteiger partial charge in [-0.2, -0.15) is 0 Å². The van der Waals surface area contributed by atoms with Crippen molar-refractivity contribution in [1.29, 1.82) is 0 Å². The number of nitrogens with one attached hydrogen (secondary N) is 1. The second-order valence-corrected chi connectivity index (χ2v) is 3.64. The zero-order valence-electron chi connectivity index (χ0n) is 7.85. The maximum absolute atomic E-state index is 11.5. The highest BCUT2D eigenvalue weighted by atomic mass is 79.9. The standard InChI is InChI=1S/C9H11BrN2O3/c10-8-7(2-1-3-11-8)9(15)12-4-6(14)5-13/h1-3,6,13-14H,4-5H2,(H,12,15). The molecule has 1 aromatic heterocycles. The van der Waals surface area contributed by atoms with Gasteiger partial charge in [-0.1, -0.05) is 0 Å². The van der Waals surface area contributed by atoms with Gasteiger partial charge in [-0.3, -0.25) is 4.79 Å². The number of aliphatic hydroxyl groups is 2. The van der Waals surface area contributed by atoms with Gasteiger partial charge in [-0.15, -0.1) is 0 Å². The number of pyridine rings is 1. The van der Waals surface area contributed by atoms with Gasteiger partial charge in [0.1, 0.15) is 4.60 Å². The normalized spacial score (nSPS) is 12.2. The Balaban J connectivity index is 2.58. The number of aromatic nitrogens is 1. The van der Waals surface area contributed by atoms with Gasteiger partial charge < -0.3 is 15.5 Å². The topological polar surface area (TPSA) is 82.5 Å². The molecule has 15 heavy (non-hydrogen) atoms. The molecule has 6 heteroatoms. The van der Waals surface area contributed by atoms with Crippen LogP contribution in [0.1, 0.15) is 10.4 Å². The monoisotopic (exact) mass is 274 g/mol. The summed E-state index contributed by atoms with van der Waals surface area (Å²) in [7, 11) is 0. The summed E-state index contributed by atoms with van der Waals surface area (Å²) < 4.78 is 0.445. The van der Waals surface area contributed by atoms with Gasteiger partial charge in [-0.25, -0.2) is 4.98 Å². The first-order chi connectivity index (χ1) is 7.15. The summed E-state index contributed by atoms with van der Waals surface area (Å²) in [4.78, 5) is 15.4. The molecule has 0 fully saturated rings. The molecule has 0 saturated carbocycles. The average molecular weight is 275 g/mol. The first-order valence-electron chi connectivity index (χ1n) is 4.32. The van der Waals surface area contributed by atoms with Crippen molar-refractivity contribution >= 4 is 21.8 Å². The van der Waals surface area contributed by atoms with Crippen molar-refractivity contribution in [2.45, 2.75) is 6.10 Å². The highest BCUT2D eigenvalue weighted by Gasteiger charge is 2.11. The zero-order valence-corrected chi connectivity index (χ0v) is 9.44. The van der Waals surface area contributed by atoms with Crippen molar-refractivity contribution in [2.75, 3.05) is 13.2 Å². The van der Waals surface area contributed by atoms with Crippen molar-refractivity contribution in [3.63, 3.8) is 0 Å². The van der Waals surface area contributed by atoms with Crippen LogP contribution in [0.4, 0.5) is 0 Å². The number of aliphatic hydroxyl groups excluding tert-OH is 2. The van der Waals surface area contributed by atoms with Gasteiger partial charge in [0.2, 0.25) is 0 Å². The predicted molar refractivity (Wildman–Crippen MR) is 57.4 cm³/mol. The molecular weight excluding hydrogens is 264 g/mol. The summed E-state index contributed by atoms with van der Waals surface area (Å²) in [5, 5.41) is 20.1. The molecule has 0 saturated heterocycles. The summed E-state index contributed by atoms with van der Waals surface area (Å²) in [6, 6.07) is 3.25. The second kappa shape index (κ2) is 5.79. The molecule has 1 heterocycles. The van der Waals surface area contributed by atoms with Crippen molar-refractivity contribution in [3.05, 3.63) is 28.5 Å². The van der Waals surface area contributed by atoms with E-state index in [1.165, 1.54) is 0 Å². The van der Waals surface area contributed by atoms with Crippen molar-refractivity contribution in [2.24, 2.45) is 0 Å². The Labute approximate surface area is 95.3 Å². The smallest absolute Gasteiger partial charge is 0.254 e. The van der Waals surface area contributed by atoms with E-state index in [2.05, 4.69) is 26.2 Å². The third-order valence-electron chi connectivity index (χ3n) is 1.71. The van der Waals surface area contributed by atoms with Crippen molar-refractivity contribution in [1.82, 2.24) is 10.3 Å². The molecule has 1 unspecified atom stereocenters. The maximum Gasteiger partial charge on any atom is 0.254 e. The fourth-order valence-corrected chi connectivity index (χ4v) is 1.36. The Kier molecular flexibility index (Phi) is 4.67. The van der Waals surface area contributed by atoms with E-state index < -0.39 is 6.10 Å². The molecule has 0 aromatic carbocycles. The largest absolute Gasteiger partial charge is 0.394 e. The molecule has 0 spiro atoms. The van der Waals surface area contributed by atoms with E-state index in [-0.39, 0.29) is 19.1 Å². The average Bonchev–Trinajstić information content (AvgIpc) is 2.26. The van der Waals surface area contributed by atoms with E-state index in [0.29, 0.717) is 10.2 Å². The third kappa shape index (κ3) is 3.58. The molecule has 82 valence electrons. The van der Waals surface area contributed by atoms with Crippen LogP contribution in [0.25, 0.3) is 0 Å². The fraction of sp³-hybridized carbons (Fsp3) is 0.333. The molecule has 0 radical (unpaired) electrons. The Hall–Kier alpha value is -0.980. The lowest BCUT2D eigenvalue weighted by Crippen LogP contribution is -2.34. The van der Waals surface area contributed by atoms with Gasteiger partial charge in [0.25, 0.3) is 5.91 Å². The van der Waals surface area contributed by atoms with Crippen LogP contribution in [0.15, 0.2) is 22.9 Å². The van der Waals surface area contributed by atoms with E-state index in [9.17, 15) is 4.79 Å². The lowest BCUT2D eigenvalue weighted by molar-refractivity contribution is 0.0801. The quantitative estimate of drug-likeness (QED) is 0.672. The molecule has 1 rings (SSSR count). The lowest BCUT2D eigenvalue weighted by atomic mass is 10.2. The van der Waals surface area contributed by atoms with Crippen molar-refractivity contribution in [3.8, 4) is 0 Å². The fourth-order valence-electron chi connectivity index (χ4n) is 0.926. The number of nitrogens with zero attached hydrogens (tertiary/aromatic N) is 1. The minimum Gasteiger partial charge on any atom is -0.394 e. The molecule has 1 atom stereocenters. The van der Waals surface area contributed by atoms with E-state index in [0.717, 1.165) is 0 Å². The zero-order chi connectivity index (χ0) is 11.3. The summed E-state index contributed by atoms with van der Waals surface area (Å²) >= 11 is 3.14. The van der Waals surface area contributed by atoms with Crippen LogP contribution in [0.5, 0.6) is 0 Å². The minimum atomic E-state index is -0.940. The third-order valence-corrected chi connectivity index (χ3v) is 2.34. The molecule has 0 aliphatic carbocycles. The van der Waals surface area contributed by atoms with Gasteiger partial charge >= 0.3 is 0 Å². The molecule has 0 bridgehead atoms. The molecule has 0 aliphatic rings. The number of amides is 1. The SMILES string of the molecule is O=C(NCC(O)CO)c1cccnc1Br. The van der Waals surface area contributed by atoms with Gasteiger partial charge in [0, 0.05) is 12.7 Å². The van der Waals surface area contributed by atoms with Crippen LogP contribution >= 0.6 is 15.9 Å². The summed E-state index contributed by atoms with van der Waals surface area (Å²) in [5.74, 6) is -0.345. The Morgan fingerprint density at radius 2 is 2.40 bits per heavy atom. The highest BCUT2D eigenvalue weighted by Crippen LogP contribution is 2.11. The maximum atomic E-state index is 11.5. The summed E-state index contributed by atoms with van der Waals surface area (Å²) in [6.07, 6.45) is 0.619. The minimum absolute atomic E-state index is 0.0106. The van der Waals surface area contributed by atoms with Gasteiger partial charge in [-0.05, 0) is 28.1 Å². The van der Waals surface area contributed by atoms with Crippen LogP contribution in [0.2, 0.25) is 0 Å². The molecule has 1 aromatic rings. The molecular formula is C9H11BrN2O3. The molecule has 1 amide bonds. The number of carbonyl (C=O) groups is 1. The van der Waals surface area contributed by atoms with E-state index >= 15 is 0 Å². The second-order valence-electron chi connectivity index (χ2n) is 2.89. The van der Waals surface area contributed by atoms with Crippen LogP contribution in [-0.2, 0) is 0 Å². The predicted octanol–water partition coefficient (Wildman–Crippen LogP) is -0.0729. The highest BCUT2D eigenvalue weighted by molar-refractivity contribution is 9.10. The molecule has 5 nitrogen and oxygen atoms in total. The Morgan fingerprint density at radius 1 is 1.67 bits per heavy atom. The van der Waals surface area contributed by atoms with Gasteiger partial charge in [0.15, 0.2) is 0 Å². The Morgan fingerprint density at radius 3 is 3.00 bits per heavy atom. The van der Waals surface area contributed by atoms with Crippen LogP contribution in [0.3, 0.4) is 0 Å². The molecule has 3 N–H and O–H groups in total. The van der Waals surface area contributed by atoms with Crippen LogP contribution in [0, 0.1) is 0 Å². The summed E-state index contributed by atoms with van der Waals surface area (Å²) in [5.41, 5.74) is 0.391. The van der Waals surface area contributed by atoms with E-state index in [1.807, 2.05) is 0 Å². The summed E-state index contributed by atoms with van der Waals surface area (Å²) in [6.45, 7) is -0.370. The number of rotatable bonds is 4. The Bertz CT molecular complexity index is 346. The molecule has 0 aliphatic heterocycles. The van der Waals surface area contributed by atoms with Crippen LogP contribution in [-0.4, -0.2) is 40.4 Å². The van der Waals surface area contributed by atoms with Crippen LogP contribution < -0.4 is 5.32 Å². The van der Waals surface area contributed by atoms with E-state index in [1.54, 1.807) is 18.3 Å². The van der Waals surface area contributed by atoms with Crippen molar-refractivity contribution < 1.29 is 15.0 Å². The number of carbonyl (C=O) groups excluding carboxylic acids is 1. The number of halogens is 1. The van der Waals surface area contributed by atoms with Gasteiger partial charge in [0.05, 0.1) is 18.3 Å². The number of hydrogen-bond donors (Lipinski definition) is 3. The van der Waals surface area contributed by atoms with E-state index in [4.69, 9.17) is 10.2 Å². The first kappa shape index (κ1) is 12.1. The number of hydrogen-bond acceptors (Lipinski definition) is 4. The lowest BCUT2D eigenvalue weighted by Gasteiger charge is -2.09.